The average Bonchev–Trinajstić information content (AvgIpc) is 3.31. The third-order valence-electron chi connectivity index (χ3n) is 4.08. The van der Waals surface area contributed by atoms with Crippen LogP contribution < -0.4 is 5.32 Å². The van der Waals surface area contributed by atoms with Gasteiger partial charge in [-0.2, -0.15) is 0 Å². The third kappa shape index (κ3) is 5.17. The maximum absolute atomic E-state index is 12.3. The van der Waals surface area contributed by atoms with Crippen LogP contribution in [0.2, 0.25) is 0 Å². The molecule has 2 rings (SSSR count). The number of furan rings is 1. The first-order chi connectivity index (χ1) is 12.1. The Morgan fingerprint density at radius 3 is 2.56 bits per heavy atom. The Hall–Kier alpha value is -2.12. The topological polar surface area (TPSA) is 65.8 Å². The smallest absolute Gasteiger partial charge is 0.264 e. The number of rotatable bonds is 9. The minimum absolute atomic E-state index is 0.0211. The molecule has 2 heterocycles. The van der Waals surface area contributed by atoms with Gasteiger partial charge in [0.2, 0.25) is 5.91 Å². The van der Waals surface area contributed by atoms with Crippen molar-refractivity contribution in [3.63, 3.8) is 0 Å². The van der Waals surface area contributed by atoms with Gasteiger partial charge in [0, 0.05) is 13.6 Å². The summed E-state index contributed by atoms with van der Waals surface area (Å²) in [5, 5.41) is 4.77. The number of carbonyl (C=O) groups excluding carboxylic acids is 2. The van der Waals surface area contributed by atoms with Crippen molar-refractivity contribution in [1.82, 2.24) is 15.1 Å². The molecule has 0 aromatic carbocycles. The van der Waals surface area contributed by atoms with Gasteiger partial charge in [-0.05, 0) is 36.7 Å². The minimum Gasteiger partial charge on any atom is -0.468 e. The second kappa shape index (κ2) is 9.39. The molecule has 2 amide bonds. The van der Waals surface area contributed by atoms with E-state index >= 15 is 0 Å². The average molecular weight is 363 g/mol. The molecular formula is C18H25N3O3S. The zero-order valence-electron chi connectivity index (χ0n) is 14.9. The summed E-state index contributed by atoms with van der Waals surface area (Å²) in [5.41, 5.74) is 0. The van der Waals surface area contributed by atoms with Crippen molar-refractivity contribution in [2.75, 3.05) is 33.2 Å². The van der Waals surface area contributed by atoms with E-state index < -0.39 is 0 Å². The van der Waals surface area contributed by atoms with Gasteiger partial charge in [0.1, 0.15) is 5.76 Å². The highest BCUT2D eigenvalue weighted by atomic mass is 32.1. The highest BCUT2D eigenvalue weighted by Crippen LogP contribution is 2.20. The Kier molecular flexibility index (Phi) is 7.21. The molecule has 0 aliphatic heterocycles. The molecule has 6 nitrogen and oxygen atoms in total. The molecule has 0 fully saturated rings. The summed E-state index contributed by atoms with van der Waals surface area (Å²) >= 11 is 1.37. The number of thiophene rings is 1. The van der Waals surface area contributed by atoms with Crippen molar-refractivity contribution in [2.24, 2.45) is 0 Å². The zero-order chi connectivity index (χ0) is 18.2. The molecule has 0 aliphatic rings. The molecule has 2 aromatic rings. The van der Waals surface area contributed by atoms with Crippen LogP contribution >= 0.6 is 11.3 Å². The SMILES string of the molecule is CCN(CC)C(CNC(=O)CN(C)C(=O)c1cccs1)c1ccco1. The number of likely N-dealkylation sites (N-methyl/N-ethyl adjacent to an activating group) is 2. The van der Waals surface area contributed by atoms with Crippen molar-refractivity contribution >= 4 is 23.2 Å². The summed E-state index contributed by atoms with van der Waals surface area (Å²) in [6.07, 6.45) is 1.64. The van der Waals surface area contributed by atoms with E-state index in [1.54, 1.807) is 19.4 Å². The molecule has 0 bridgehead atoms. The van der Waals surface area contributed by atoms with Crippen molar-refractivity contribution in [3.8, 4) is 0 Å². The molecule has 0 saturated heterocycles. The van der Waals surface area contributed by atoms with Crippen molar-refractivity contribution in [3.05, 3.63) is 46.5 Å². The van der Waals surface area contributed by atoms with Crippen LogP contribution in [0.15, 0.2) is 40.3 Å². The van der Waals surface area contributed by atoms with Gasteiger partial charge in [-0.25, -0.2) is 0 Å². The summed E-state index contributed by atoms with van der Waals surface area (Å²) < 4.78 is 5.52. The number of nitrogens with one attached hydrogen (secondary N) is 1. The van der Waals surface area contributed by atoms with Gasteiger partial charge in [-0.1, -0.05) is 19.9 Å². The summed E-state index contributed by atoms with van der Waals surface area (Å²) in [4.78, 5) is 28.7. The fourth-order valence-corrected chi connectivity index (χ4v) is 3.41. The standard InChI is InChI=1S/C18H25N3O3S/c1-4-21(5-2)14(15-8-6-10-24-15)12-19-17(22)13-20(3)18(23)16-9-7-11-25-16/h6-11,14H,4-5,12-13H2,1-3H3,(H,19,22). The molecule has 0 radical (unpaired) electrons. The Bertz CT molecular complexity index is 651. The molecule has 136 valence electrons. The van der Waals surface area contributed by atoms with E-state index in [4.69, 9.17) is 4.42 Å². The van der Waals surface area contributed by atoms with E-state index in [1.807, 2.05) is 23.6 Å². The molecule has 0 saturated carbocycles. The predicted molar refractivity (Wildman–Crippen MR) is 98.7 cm³/mol. The molecule has 0 spiro atoms. The lowest BCUT2D eigenvalue weighted by atomic mass is 10.2. The lowest BCUT2D eigenvalue weighted by molar-refractivity contribution is -0.121. The van der Waals surface area contributed by atoms with Gasteiger partial charge in [-0.3, -0.25) is 14.5 Å². The Morgan fingerprint density at radius 2 is 2.00 bits per heavy atom. The second-order valence-corrected chi connectivity index (χ2v) is 6.64. The van der Waals surface area contributed by atoms with Crippen LogP contribution in [0.3, 0.4) is 0 Å². The number of amides is 2. The Balaban J connectivity index is 1.91. The van der Waals surface area contributed by atoms with Crippen LogP contribution in [0.25, 0.3) is 0 Å². The second-order valence-electron chi connectivity index (χ2n) is 5.70. The number of carbonyl (C=O) groups is 2. The fourth-order valence-electron chi connectivity index (χ4n) is 2.70. The van der Waals surface area contributed by atoms with Gasteiger partial charge in [0.15, 0.2) is 0 Å². The fraction of sp³-hybridized carbons (Fsp3) is 0.444. The number of nitrogens with zero attached hydrogens (tertiary/aromatic N) is 2. The first kappa shape index (κ1) is 19.2. The van der Waals surface area contributed by atoms with E-state index in [1.165, 1.54) is 16.2 Å². The summed E-state index contributed by atoms with van der Waals surface area (Å²) in [5.74, 6) is 0.500. The molecule has 0 aliphatic carbocycles. The first-order valence-corrected chi connectivity index (χ1v) is 9.27. The predicted octanol–water partition coefficient (Wildman–Crippen LogP) is 2.61. The lowest BCUT2D eigenvalue weighted by Crippen LogP contribution is -2.42. The third-order valence-corrected chi connectivity index (χ3v) is 4.93. The highest BCUT2D eigenvalue weighted by molar-refractivity contribution is 7.12. The molecule has 7 heteroatoms. The Morgan fingerprint density at radius 1 is 1.24 bits per heavy atom. The molecule has 25 heavy (non-hydrogen) atoms. The van der Waals surface area contributed by atoms with Crippen molar-refractivity contribution in [1.29, 1.82) is 0 Å². The maximum Gasteiger partial charge on any atom is 0.264 e. The normalized spacial score (nSPS) is 12.2. The molecule has 1 N–H and O–H groups in total. The van der Waals surface area contributed by atoms with Crippen LogP contribution in [0.1, 0.15) is 35.3 Å². The van der Waals surface area contributed by atoms with Crippen LogP contribution in [0.4, 0.5) is 0 Å². The van der Waals surface area contributed by atoms with Gasteiger partial charge < -0.3 is 14.6 Å². The van der Waals surface area contributed by atoms with Crippen LogP contribution in [-0.2, 0) is 4.79 Å². The molecule has 1 unspecified atom stereocenters. The van der Waals surface area contributed by atoms with Crippen LogP contribution in [-0.4, -0.2) is 54.8 Å². The van der Waals surface area contributed by atoms with Crippen LogP contribution in [0, 0.1) is 0 Å². The largest absolute Gasteiger partial charge is 0.468 e. The number of hydrogen-bond acceptors (Lipinski definition) is 5. The maximum atomic E-state index is 12.3. The highest BCUT2D eigenvalue weighted by Gasteiger charge is 2.22. The van der Waals surface area contributed by atoms with Gasteiger partial charge in [-0.15, -0.1) is 11.3 Å². The van der Waals surface area contributed by atoms with E-state index in [-0.39, 0.29) is 24.4 Å². The van der Waals surface area contributed by atoms with Crippen molar-refractivity contribution < 1.29 is 14.0 Å². The van der Waals surface area contributed by atoms with Gasteiger partial charge in [0.25, 0.3) is 5.91 Å². The first-order valence-electron chi connectivity index (χ1n) is 8.39. The Labute approximate surface area is 152 Å². The summed E-state index contributed by atoms with van der Waals surface area (Å²) in [6.45, 7) is 6.33. The number of hydrogen-bond donors (Lipinski definition) is 1. The lowest BCUT2D eigenvalue weighted by Gasteiger charge is -2.28. The van der Waals surface area contributed by atoms with Crippen LogP contribution in [0.5, 0.6) is 0 Å². The summed E-state index contributed by atoms with van der Waals surface area (Å²) in [7, 11) is 1.63. The van der Waals surface area contributed by atoms with E-state index in [0.717, 1.165) is 18.8 Å². The molecule has 1 atom stereocenters. The van der Waals surface area contributed by atoms with Gasteiger partial charge >= 0.3 is 0 Å². The van der Waals surface area contributed by atoms with E-state index in [2.05, 4.69) is 24.1 Å². The van der Waals surface area contributed by atoms with E-state index in [9.17, 15) is 9.59 Å². The quantitative estimate of drug-likeness (QED) is 0.744. The monoisotopic (exact) mass is 363 g/mol. The minimum atomic E-state index is -0.184. The van der Waals surface area contributed by atoms with Crippen molar-refractivity contribution in [2.45, 2.75) is 19.9 Å². The zero-order valence-corrected chi connectivity index (χ0v) is 15.7. The van der Waals surface area contributed by atoms with E-state index in [0.29, 0.717) is 11.4 Å². The molecule has 2 aromatic heterocycles. The summed E-state index contributed by atoms with van der Waals surface area (Å²) in [6, 6.07) is 7.33. The van der Waals surface area contributed by atoms with Gasteiger partial charge in [0.05, 0.1) is 23.7 Å². The molecular weight excluding hydrogens is 338 g/mol.